The lowest BCUT2D eigenvalue weighted by Crippen LogP contribution is -2.45. The monoisotopic (exact) mass is 237 g/mol. The lowest BCUT2D eigenvalue weighted by atomic mass is 10.0. The van der Waals surface area contributed by atoms with Crippen molar-refractivity contribution in [1.82, 2.24) is 0 Å². The van der Waals surface area contributed by atoms with Gasteiger partial charge in [-0.1, -0.05) is 6.07 Å². The molecule has 0 aliphatic heterocycles. The van der Waals surface area contributed by atoms with E-state index in [-0.39, 0.29) is 5.69 Å². The van der Waals surface area contributed by atoms with Crippen LogP contribution < -0.4 is 11.1 Å². The Morgan fingerprint density at radius 1 is 1.47 bits per heavy atom. The van der Waals surface area contributed by atoms with E-state index in [1.807, 2.05) is 6.92 Å². The fraction of sp³-hybridized carbons (Fsp3) is 0.364. The van der Waals surface area contributed by atoms with Crippen molar-refractivity contribution < 1.29 is 9.72 Å². The number of amides is 1. The Morgan fingerprint density at radius 3 is 2.53 bits per heavy atom. The summed E-state index contributed by atoms with van der Waals surface area (Å²) in [6.45, 7) is 4.95. The van der Waals surface area contributed by atoms with Gasteiger partial charge >= 0.3 is 0 Å². The quantitative estimate of drug-likeness (QED) is 0.613. The van der Waals surface area contributed by atoms with E-state index in [1.54, 1.807) is 26.0 Å². The molecule has 0 saturated carbocycles. The number of rotatable bonds is 4. The van der Waals surface area contributed by atoms with Crippen molar-refractivity contribution >= 4 is 17.3 Å². The standard InChI is InChI=1S/C11H15N3O3/c1-7-4-5-9(14(16)17)8(6-7)13-11(2,3)10(12)15/h4-6,13H,1-3H3,(H2,12,15). The molecular formula is C11H15N3O3. The highest BCUT2D eigenvalue weighted by atomic mass is 16.6. The molecule has 0 aliphatic rings. The Kier molecular flexibility index (Phi) is 3.36. The Bertz CT molecular complexity index is 469. The molecule has 1 rings (SSSR count). The number of nitrogens with two attached hydrogens (primary N) is 1. The first kappa shape index (κ1) is 13.0. The van der Waals surface area contributed by atoms with E-state index in [9.17, 15) is 14.9 Å². The van der Waals surface area contributed by atoms with E-state index in [4.69, 9.17) is 5.73 Å². The number of nitrogens with zero attached hydrogens (tertiary/aromatic N) is 1. The van der Waals surface area contributed by atoms with E-state index >= 15 is 0 Å². The zero-order valence-electron chi connectivity index (χ0n) is 9.98. The van der Waals surface area contributed by atoms with Crippen LogP contribution in [0.15, 0.2) is 18.2 Å². The van der Waals surface area contributed by atoms with Gasteiger partial charge in [-0.2, -0.15) is 0 Å². The van der Waals surface area contributed by atoms with Crippen LogP contribution in [0.3, 0.4) is 0 Å². The molecule has 0 fully saturated rings. The van der Waals surface area contributed by atoms with Crippen LogP contribution in [0.2, 0.25) is 0 Å². The minimum atomic E-state index is -1.04. The van der Waals surface area contributed by atoms with Crippen molar-refractivity contribution in [2.75, 3.05) is 5.32 Å². The molecule has 17 heavy (non-hydrogen) atoms. The average molecular weight is 237 g/mol. The third kappa shape index (κ3) is 2.93. The zero-order chi connectivity index (χ0) is 13.2. The third-order valence-corrected chi connectivity index (χ3v) is 2.41. The van der Waals surface area contributed by atoms with Gasteiger partial charge in [0.1, 0.15) is 11.2 Å². The number of hydrogen-bond acceptors (Lipinski definition) is 4. The van der Waals surface area contributed by atoms with Crippen LogP contribution in [0.5, 0.6) is 0 Å². The fourth-order valence-electron chi connectivity index (χ4n) is 1.31. The maximum absolute atomic E-state index is 11.2. The molecule has 1 amide bonds. The Labute approximate surface area is 99.0 Å². The molecule has 0 unspecified atom stereocenters. The van der Waals surface area contributed by atoms with E-state index in [0.717, 1.165) is 5.56 Å². The molecule has 0 bridgehead atoms. The maximum atomic E-state index is 11.2. The van der Waals surface area contributed by atoms with Gasteiger partial charge in [0.15, 0.2) is 0 Å². The molecule has 1 aromatic rings. The van der Waals surface area contributed by atoms with Gasteiger partial charge in [0, 0.05) is 6.07 Å². The summed E-state index contributed by atoms with van der Waals surface area (Å²) >= 11 is 0. The van der Waals surface area contributed by atoms with Crippen LogP contribution in [0, 0.1) is 17.0 Å². The van der Waals surface area contributed by atoms with Crippen molar-refractivity contribution in [2.24, 2.45) is 5.73 Å². The van der Waals surface area contributed by atoms with Crippen LogP contribution in [0.4, 0.5) is 11.4 Å². The van der Waals surface area contributed by atoms with Gasteiger partial charge in [-0.25, -0.2) is 0 Å². The molecule has 0 saturated heterocycles. The molecule has 0 aliphatic carbocycles. The number of nitrogens with one attached hydrogen (secondary N) is 1. The summed E-state index contributed by atoms with van der Waals surface area (Å²) < 4.78 is 0. The SMILES string of the molecule is Cc1ccc([N+](=O)[O-])c(NC(C)(C)C(N)=O)c1. The van der Waals surface area contributed by atoms with Crippen LogP contribution in [0.1, 0.15) is 19.4 Å². The van der Waals surface area contributed by atoms with Crippen LogP contribution in [-0.4, -0.2) is 16.4 Å². The first-order valence-electron chi connectivity index (χ1n) is 5.07. The number of nitro benzene ring substituents is 1. The third-order valence-electron chi connectivity index (χ3n) is 2.41. The molecule has 0 spiro atoms. The number of anilines is 1. The fourth-order valence-corrected chi connectivity index (χ4v) is 1.31. The van der Waals surface area contributed by atoms with Gasteiger partial charge in [0.05, 0.1) is 4.92 Å². The lowest BCUT2D eigenvalue weighted by molar-refractivity contribution is -0.384. The van der Waals surface area contributed by atoms with Gasteiger partial charge in [-0.05, 0) is 32.4 Å². The van der Waals surface area contributed by atoms with Gasteiger partial charge in [0.2, 0.25) is 5.91 Å². The second-order valence-electron chi connectivity index (χ2n) is 4.39. The van der Waals surface area contributed by atoms with Crippen LogP contribution in [-0.2, 0) is 4.79 Å². The summed E-state index contributed by atoms with van der Waals surface area (Å²) in [5, 5.41) is 13.6. The highest BCUT2D eigenvalue weighted by Gasteiger charge is 2.27. The second-order valence-corrected chi connectivity index (χ2v) is 4.39. The highest BCUT2D eigenvalue weighted by Crippen LogP contribution is 2.27. The van der Waals surface area contributed by atoms with Gasteiger partial charge < -0.3 is 11.1 Å². The summed E-state index contributed by atoms with van der Waals surface area (Å²) in [5.41, 5.74) is 5.24. The number of primary amides is 1. The van der Waals surface area contributed by atoms with Crippen molar-refractivity contribution in [3.8, 4) is 0 Å². The normalized spacial score (nSPS) is 11.0. The van der Waals surface area contributed by atoms with Gasteiger partial charge in [-0.3, -0.25) is 14.9 Å². The summed E-state index contributed by atoms with van der Waals surface area (Å²) in [6, 6.07) is 4.65. The minimum absolute atomic E-state index is 0.0788. The topological polar surface area (TPSA) is 98.3 Å². The number of hydrogen-bond donors (Lipinski definition) is 2. The van der Waals surface area contributed by atoms with Crippen molar-refractivity contribution in [3.63, 3.8) is 0 Å². The Morgan fingerprint density at radius 2 is 2.06 bits per heavy atom. The summed E-state index contributed by atoms with van der Waals surface area (Å²) in [7, 11) is 0. The van der Waals surface area contributed by atoms with Gasteiger partial charge in [0.25, 0.3) is 5.69 Å². The second kappa shape index (κ2) is 4.40. The molecule has 0 aromatic heterocycles. The Balaban J connectivity index is 3.17. The van der Waals surface area contributed by atoms with Crippen LogP contribution in [0.25, 0.3) is 0 Å². The molecule has 3 N–H and O–H groups in total. The van der Waals surface area contributed by atoms with E-state index in [1.165, 1.54) is 6.07 Å². The zero-order valence-corrected chi connectivity index (χ0v) is 9.98. The van der Waals surface area contributed by atoms with Crippen molar-refractivity contribution in [1.29, 1.82) is 0 Å². The molecule has 0 heterocycles. The van der Waals surface area contributed by atoms with Crippen LogP contribution >= 0.6 is 0 Å². The number of aryl methyl sites for hydroxylation is 1. The molecule has 1 aromatic carbocycles. The summed E-state index contributed by atoms with van der Waals surface area (Å²) in [4.78, 5) is 21.5. The maximum Gasteiger partial charge on any atom is 0.292 e. The number of nitro groups is 1. The number of carbonyl (C=O) groups excluding carboxylic acids is 1. The van der Waals surface area contributed by atoms with Crippen molar-refractivity contribution in [2.45, 2.75) is 26.3 Å². The largest absolute Gasteiger partial charge is 0.368 e. The van der Waals surface area contributed by atoms with E-state index < -0.39 is 16.4 Å². The van der Waals surface area contributed by atoms with E-state index in [2.05, 4.69) is 5.32 Å². The van der Waals surface area contributed by atoms with Crippen molar-refractivity contribution in [3.05, 3.63) is 33.9 Å². The highest BCUT2D eigenvalue weighted by molar-refractivity contribution is 5.87. The Hall–Kier alpha value is -2.11. The predicted molar refractivity (Wildman–Crippen MR) is 64.7 cm³/mol. The molecule has 0 atom stereocenters. The van der Waals surface area contributed by atoms with E-state index in [0.29, 0.717) is 5.69 Å². The minimum Gasteiger partial charge on any atom is -0.368 e. The summed E-state index contributed by atoms with van der Waals surface area (Å²) in [5.74, 6) is -0.576. The molecule has 6 heteroatoms. The first-order chi connectivity index (χ1) is 7.74. The predicted octanol–water partition coefficient (Wildman–Crippen LogP) is 1.58. The average Bonchev–Trinajstić information content (AvgIpc) is 2.15. The number of carbonyl (C=O) groups is 1. The molecular weight excluding hydrogens is 222 g/mol. The smallest absolute Gasteiger partial charge is 0.292 e. The number of benzene rings is 1. The first-order valence-corrected chi connectivity index (χ1v) is 5.07. The molecule has 92 valence electrons. The summed E-state index contributed by atoms with van der Waals surface area (Å²) in [6.07, 6.45) is 0. The lowest BCUT2D eigenvalue weighted by Gasteiger charge is -2.23. The molecule has 6 nitrogen and oxygen atoms in total. The van der Waals surface area contributed by atoms with Gasteiger partial charge in [-0.15, -0.1) is 0 Å². The molecule has 0 radical (unpaired) electrons.